The molecule has 0 atom stereocenters. The second-order valence-electron chi connectivity index (χ2n) is 7.33. The van der Waals surface area contributed by atoms with Crippen LogP contribution >= 0.6 is 22.7 Å². The number of benzene rings is 1. The highest BCUT2D eigenvalue weighted by atomic mass is 32.1. The molecular weight excluding hydrogens is 424 g/mol. The largest absolute Gasteiger partial charge is 0.396 e. The molecule has 0 amide bonds. The molecular formula is C24H18N4OS2. The number of nitriles is 1. The van der Waals surface area contributed by atoms with Crippen LogP contribution in [0.25, 0.3) is 10.6 Å². The van der Waals surface area contributed by atoms with Crippen molar-refractivity contribution in [3.05, 3.63) is 81.2 Å². The summed E-state index contributed by atoms with van der Waals surface area (Å²) >= 11 is 2.60. The molecule has 0 unspecified atom stereocenters. The highest BCUT2D eigenvalue weighted by Gasteiger charge is 2.24. The zero-order valence-electron chi connectivity index (χ0n) is 16.5. The topological polar surface area (TPSA) is 91.8 Å². The number of fused-ring (bicyclic) bond motifs is 1. The van der Waals surface area contributed by atoms with Gasteiger partial charge in [0.15, 0.2) is 0 Å². The molecule has 0 radical (unpaired) electrons. The molecule has 7 heteroatoms. The summed E-state index contributed by atoms with van der Waals surface area (Å²) in [6.07, 6.45) is 5.09. The van der Waals surface area contributed by atoms with Crippen LogP contribution < -0.4 is 11.1 Å². The summed E-state index contributed by atoms with van der Waals surface area (Å²) in [7, 11) is 0. The van der Waals surface area contributed by atoms with E-state index in [0.29, 0.717) is 20.3 Å². The maximum Gasteiger partial charge on any atom is 0.215 e. The van der Waals surface area contributed by atoms with E-state index in [9.17, 15) is 10.1 Å². The number of aryl methyl sites for hydroxylation is 2. The van der Waals surface area contributed by atoms with Crippen molar-refractivity contribution in [3.8, 4) is 16.6 Å². The summed E-state index contributed by atoms with van der Waals surface area (Å²) in [5, 5.41) is 13.6. The standard InChI is InChI=1S/C24H18N4OS2/c25-13-17-21(26)23(22(29)20-10-9-19(30-20)18-6-1-2-11-27-18)31-24(17)28-16-8-7-14-4-3-5-15(14)12-16/h1-2,6-12,28H,3-5,26H2. The summed E-state index contributed by atoms with van der Waals surface area (Å²) in [6.45, 7) is 0. The molecule has 0 aliphatic heterocycles. The number of thiophene rings is 2. The van der Waals surface area contributed by atoms with E-state index in [2.05, 4.69) is 28.5 Å². The Bertz CT molecular complexity index is 1330. The molecule has 0 spiro atoms. The smallest absolute Gasteiger partial charge is 0.215 e. The fraction of sp³-hybridized carbons (Fsp3) is 0.125. The minimum Gasteiger partial charge on any atom is -0.396 e. The van der Waals surface area contributed by atoms with Crippen molar-refractivity contribution in [3.63, 3.8) is 0 Å². The third-order valence-corrected chi connectivity index (χ3v) is 7.59. The van der Waals surface area contributed by atoms with Gasteiger partial charge in [0.1, 0.15) is 21.5 Å². The third-order valence-electron chi connectivity index (χ3n) is 5.37. The lowest BCUT2D eigenvalue weighted by Gasteiger charge is -2.07. The molecule has 0 bridgehead atoms. The molecule has 1 aromatic carbocycles. The van der Waals surface area contributed by atoms with Gasteiger partial charge in [0.2, 0.25) is 5.78 Å². The zero-order chi connectivity index (χ0) is 21.4. The van der Waals surface area contributed by atoms with Gasteiger partial charge in [0.05, 0.1) is 21.1 Å². The maximum absolute atomic E-state index is 13.2. The second-order valence-corrected chi connectivity index (χ2v) is 9.44. The van der Waals surface area contributed by atoms with Crippen molar-refractivity contribution in [2.45, 2.75) is 19.3 Å². The number of anilines is 3. The van der Waals surface area contributed by atoms with Crippen LogP contribution in [-0.2, 0) is 12.8 Å². The van der Waals surface area contributed by atoms with Gasteiger partial charge in [-0.2, -0.15) is 5.26 Å². The van der Waals surface area contributed by atoms with E-state index in [0.717, 1.165) is 29.1 Å². The number of aromatic nitrogens is 1. The van der Waals surface area contributed by atoms with Crippen LogP contribution in [0.15, 0.2) is 54.7 Å². The Kier molecular flexibility index (Phi) is 5.02. The van der Waals surface area contributed by atoms with Gasteiger partial charge in [-0.25, -0.2) is 0 Å². The summed E-state index contributed by atoms with van der Waals surface area (Å²) < 4.78 is 0. The quantitative estimate of drug-likeness (QED) is 0.382. The van der Waals surface area contributed by atoms with E-state index in [-0.39, 0.29) is 11.5 Å². The molecule has 3 N–H and O–H groups in total. The van der Waals surface area contributed by atoms with Crippen molar-refractivity contribution >= 4 is 44.8 Å². The lowest BCUT2D eigenvalue weighted by Crippen LogP contribution is -2.00. The molecule has 0 saturated carbocycles. The van der Waals surface area contributed by atoms with Crippen LogP contribution in [0, 0.1) is 11.3 Å². The Hall–Kier alpha value is -3.47. The molecule has 3 aromatic heterocycles. The minimum atomic E-state index is -0.173. The van der Waals surface area contributed by atoms with Crippen molar-refractivity contribution in [2.75, 3.05) is 11.1 Å². The van der Waals surface area contributed by atoms with E-state index in [4.69, 9.17) is 5.73 Å². The van der Waals surface area contributed by atoms with Gasteiger partial charge >= 0.3 is 0 Å². The molecule has 31 heavy (non-hydrogen) atoms. The van der Waals surface area contributed by atoms with Crippen LogP contribution in [-0.4, -0.2) is 10.8 Å². The predicted molar refractivity (Wildman–Crippen MR) is 126 cm³/mol. The number of nitrogens with two attached hydrogens (primary N) is 1. The van der Waals surface area contributed by atoms with Crippen LogP contribution in [0.5, 0.6) is 0 Å². The summed E-state index contributed by atoms with van der Waals surface area (Å²) in [6, 6.07) is 17.8. The van der Waals surface area contributed by atoms with E-state index < -0.39 is 0 Å². The molecule has 1 aliphatic carbocycles. The van der Waals surface area contributed by atoms with Crippen LogP contribution in [0.4, 0.5) is 16.4 Å². The normalized spacial score (nSPS) is 12.4. The SMILES string of the molecule is N#Cc1c(Nc2ccc3c(c2)CCC3)sc(C(=O)c2ccc(-c3ccccn3)s2)c1N. The summed E-state index contributed by atoms with van der Waals surface area (Å²) in [5.41, 5.74) is 11.2. The van der Waals surface area contributed by atoms with Gasteiger partial charge in [-0.3, -0.25) is 9.78 Å². The number of hydrogen-bond acceptors (Lipinski definition) is 7. The van der Waals surface area contributed by atoms with Crippen molar-refractivity contribution in [1.29, 1.82) is 5.26 Å². The molecule has 152 valence electrons. The van der Waals surface area contributed by atoms with Gasteiger partial charge in [-0.1, -0.05) is 12.1 Å². The number of pyridine rings is 1. The zero-order valence-corrected chi connectivity index (χ0v) is 18.1. The number of hydrogen-bond donors (Lipinski definition) is 2. The average molecular weight is 443 g/mol. The summed E-state index contributed by atoms with van der Waals surface area (Å²) in [5.74, 6) is -0.173. The Morgan fingerprint density at radius 3 is 2.77 bits per heavy atom. The highest BCUT2D eigenvalue weighted by molar-refractivity contribution is 7.21. The molecule has 5 rings (SSSR count). The number of nitrogen functional groups attached to an aromatic ring is 1. The van der Waals surface area contributed by atoms with Gasteiger partial charge in [-0.05, 0) is 66.8 Å². The number of ketones is 1. The van der Waals surface area contributed by atoms with Crippen LogP contribution in [0.2, 0.25) is 0 Å². The van der Waals surface area contributed by atoms with Crippen molar-refractivity contribution < 1.29 is 4.79 Å². The molecule has 0 saturated heterocycles. The van der Waals surface area contributed by atoms with E-state index in [1.54, 1.807) is 12.3 Å². The number of carbonyl (C=O) groups is 1. The van der Waals surface area contributed by atoms with Crippen LogP contribution in [0.3, 0.4) is 0 Å². The first kappa shape index (κ1) is 19.5. The number of rotatable bonds is 5. The van der Waals surface area contributed by atoms with Crippen molar-refractivity contribution in [2.24, 2.45) is 0 Å². The molecule has 4 aromatic rings. The van der Waals surface area contributed by atoms with Gasteiger partial charge in [0.25, 0.3) is 0 Å². The lowest BCUT2D eigenvalue weighted by molar-refractivity contribution is 0.104. The first-order valence-electron chi connectivity index (χ1n) is 9.91. The lowest BCUT2D eigenvalue weighted by atomic mass is 10.1. The molecule has 1 aliphatic rings. The molecule has 5 nitrogen and oxygen atoms in total. The highest BCUT2D eigenvalue weighted by Crippen LogP contribution is 2.40. The monoisotopic (exact) mass is 442 g/mol. The Morgan fingerprint density at radius 1 is 1.10 bits per heavy atom. The molecule has 0 fully saturated rings. The Labute approximate surface area is 187 Å². The van der Waals surface area contributed by atoms with E-state index in [1.807, 2.05) is 30.3 Å². The predicted octanol–water partition coefficient (Wildman–Crippen LogP) is 5.79. The minimum absolute atomic E-state index is 0.173. The number of carbonyl (C=O) groups excluding carboxylic acids is 1. The first-order valence-corrected chi connectivity index (χ1v) is 11.5. The maximum atomic E-state index is 13.2. The fourth-order valence-corrected chi connectivity index (χ4v) is 5.85. The fourth-order valence-electron chi connectivity index (χ4n) is 3.81. The second kappa shape index (κ2) is 7.99. The van der Waals surface area contributed by atoms with Gasteiger partial charge in [-0.15, -0.1) is 22.7 Å². The van der Waals surface area contributed by atoms with Crippen LogP contribution in [0.1, 0.15) is 37.7 Å². The Balaban J connectivity index is 1.45. The number of nitrogens with zero attached hydrogens (tertiary/aromatic N) is 2. The molecule has 3 heterocycles. The first-order chi connectivity index (χ1) is 15.1. The van der Waals surface area contributed by atoms with Gasteiger partial charge in [0, 0.05) is 11.9 Å². The summed E-state index contributed by atoms with van der Waals surface area (Å²) in [4.78, 5) is 19.4. The Morgan fingerprint density at radius 2 is 1.97 bits per heavy atom. The third kappa shape index (κ3) is 3.61. The van der Waals surface area contributed by atoms with E-state index in [1.165, 1.54) is 40.2 Å². The van der Waals surface area contributed by atoms with Gasteiger partial charge < -0.3 is 11.1 Å². The van der Waals surface area contributed by atoms with E-state index >= 15 is 0 Å². The number of nitrogens with one attached hydrogen (secondary N) is 1. The average Bonchev–Trinajstić information content (AvgIpc) is 3.52. The van der Waals surface area contributed by atoms with Crippen molar-refractivity contribution in [1.82, 2.24) is 4.98 Å².